The van der Waals surface area contributed by atoms with Gasteiger partial charge in [-0.1, -0.05) is 0 Å². The molecule has 0 fully saturated rings. The number of hydrogen-bond acceptors (Lipinski definition) is 3. The highest BCUT2D eigenvalue weighted by Crippen LogP contribution is 2.15. The Morgan fingerprint density at radius 2 is 2.62 bits per heavy atom. The molecule has 0 bridgehead atoms. The highest BCUT2D eigenvalue weighted by atomic mass is 32.1. The van der Waals surface area contributed by atoms with Gasteiger partial charge in [-0.25, -0.2) is 4.98 Å². The molecule has 0 atom stereocenters. The molecular formula is C5H4N2S. The maximum absolute atomic E-state index is 4.09. The molecule has 0 amide bonds. The Morgan fingerprint density at radius 3 is 3.50 bits per heavy atom. The van der Waals surface area contributed by atoms with Gasteiger partial charge in [-0.15, -0.1) is 11.3 Å². The van der Waals surface area contributed by atoms with E-state index >= 15 is 0 Å². The first-order valence-electron chi connectivity index (χ1n) is 2.39. The van der Waals surface area contributed by atoms with Crippen LogP contribution in [0.4, 0.5) is 0 Å². The summed E-state index contributed by atoms with van der Waals surface area (Å²) in [5.74, 6) is 0. The number of nitrogens with zero attached hydrogens (tertiary/aromatic N) is 2. The molecule has 1 aromatic heterocycles. The number of hydrogen-bond donors (Lipinski definition) is 0. The molecule has 2 rings (SSSR count). The van der Waals surface area contributed by atoms with E-state index in [-0.39, 0.29) is 0 Å². The Hall–Kier alpha value is -0.700. The van der Waals surface area contributed by atoms with Gasteiger partial charge in [-0.3, -0.25) is 4.99 Å². The van der Waals surface area contributed by atoms with E-state index in [1.807, 2.05) is 11.7 Å². The smallest absolute Gasteiger partial charge is 0.0827 e. The third-order valence-corrected chi connectivity index (χ3v) is 1.93. The van der Waals surface area contributed by atoms with E-state index in [1.165, 1.54) is 4.88 Å². The van der Waals surface area contributed by atoms with Crippen LogP contribution in [0.25, 0.3) is 0 Å². The first-order chi connectivity index (χ1) is 3.97. The van der Waals surface area contributed by atoms with Crippen molar-refractivity contribution in [3.8, 4) is 0 Å². The van der Waals surface area contributed by atoms with Crippen LogP contribution in [0, 0.1) is 0 Å². The van der Waals surface area contributed by atoms with Crippen molar-refractivity contribution in [1.29, 1.82) is 0 Å². The standard InChI is InChI=1S/C5H4N2S/c1-4-5(2-6-1)8-3-7-4/h2-3H,1H2. The zero-order chi connectivity index (χ0) is 5.40. The Kier molecular flexibility index (Phi) is 0.729. The summed E-state index contributed by atoms with van der Waals surface area (Å²) >= 11 is 1.65. The summed E-state index contributed by atoms with van der Waals surface area (Å²) in [6.45, 7) is 0.791. The molecular weight excluding hydrogens is 120 g/mol. The normalized spacial score (nSPS) is 14.5. The second-order valence-corrected chi connectivity index (χ2v) is 2.52. The molecule has 8 heavy (non-hydrogen) atoms. The van der Waals surface area contributed by atoms with Gasteiger partial charge in [0.15, 0.2) is 0 Å². The number of fused-ring (bicyclic) bond motifs is 1. The second-order valence-electron chi connectivity index (χ2n) is 1.63. The van der Waals surface area contributed by atoms with Crippen molar-refractivity contribution >= 4 is 17.6 Å². The number of thiazole rings is 1. The molecule has 0 aromatic carbocycles. The number of aromatic nitrogens is 1. The maximum Gasteiger partial charge on any atom is 0.0827 e. The van der Waals surface area contributed by atoms with Crippen LogP contribution < -0.4 is 0 Å². The number of aliphatic imine (C=N–C) groups is 1. The predicted molar refractivity (Wildman–Crippen MR) is 33.4 cm³/mol. The summed E-state index contributed by atoms with van der Waals surface area (Å²) < 4.78 is 0. The summed E-state index contributed by atoms with van der Waals surface area (Å²) in [4.78, 5) is 9.35. The Bertz CT molecular complexity index is 226. The molecule has 1 aliphatic heterocycles. The maximum atomic E-state index is 4.09. The molecule has 2 heterocycles. The fraction of sp³-hybridized carbons (Fsp3) is 0.200. The van der Waals surface area contributed by atoms with Gasteiger partial charge in [0, 0.05) is 6.21 Å². The van der Waals surface area contributed by atoms with Gasteiger partial charge in [0.25, 0.3) is 0 Å². The predicted octanol–water partition coefficient (Wildman–Crippen LogP) is 1.08. The van der Waals surface area contributed by atoms with E-state index in [4.69, 9.17) is 0 Å². The average molecular weight is 124 g/mol. The van der Waals surface area contributed by atoms with Crippen molar-refractivity contribution in [3.05, 3.63) is 16.1 Å². The highest BCUT2D eigenvalue weighted by Gasteiger charge is 2.06. The molecule has 0 N–H and O–H groups in total. The largest absolute Gasteiger partial charge is 0.285 e. The molecule has 1 aromatic rings. The fourth-order valence-corrected chi connectivity index (χ4v) is 1.40. The Morgan fingerprint density at radius 1 is 1.62 bits per heavy atom. The van der Waals surface area contributed by atoms with Gasteiger partial charge in [-0.05, 0) is 0 Å². The van der Waals surface area contributed by atoms with Crippen molar-refractivity contribution < 1.29 is 0 Å². The number of rotatable bonds is 0. The van der Waals surface area contributed by atoms with Crippen LogP contribution in [0.1, 0.15) is 10.6 Å². The van der Waals surface area contributed by atoms with Gasteiger partial charge in [-0.2, -0.15) is 0 Å². The molecule has 3 heteroatoms. The van der Waals surface area contributed by atoms with E-state index in [9.17, 15) is 0 Å². The van der Waals surface area contributed by atoms with E-state index in [2.05, 4.69) is 9.98 Å². The van der Waals surface area contributed by atoms with Gasteiger partial charge >= 0.3 is 0 Å². The van der Waals surface area contributed by atoms with Crippen LogP contribution in [0.15, 0.2) is 10.5 Å². The summed E-state index contributed by atoms with van der Waals surface area (Å²) in [7, 11) is 0. The van der Waals surface area contributed by atoms with E-state index in [1.54, 1.807) is 11.3 Å². The van der Waals surface area contributed by atoms with Crippen molar-refractivity contribution in [3.63, 3.8) is 0 Å². The van der Waals surface area contributed by atoms with Crippen molar-refractivity contribution in [2.45, 2.75) is 6.54 Å². The lowest BCUT2D eigenvalue weighted by Crippen LogP contribution is -1.74. The first kappa shape index (κ1) is 4.21. The third kappa shape index (κ3) is 0.419. The topological polar surface area (TPSA) is 25.2 Å². The monoisotopic (exact) mass is 124 g/mol. The van der Waals surface area contributed by atoms with E-state index in [0.717, 1.165) is 12.2 Å². The lowest BCUT2D eigenvalue weighted by Gasteiger charge is -1.76. The van der Waals surface area contributed by atoms with Gasteiger partial charge in [0.1, 0.15) is 0 Å². The van der Waals surface area contributed by atoms with E-state index < -0.39 is 0 Å². The molecule has 0 spiro atoms. The zero-order valence-corrected chi connectivity index (χ0v) is 4.98. The fourth-order valence-electron chi connectivity index (χ4n) is 0.717. The van der Waals surface area contributed by atoms with Gasteiger partial charge < -0.3 is 0 Å². The quantitative estimate of drug-likeness (QED) is 0.508. The van der Waals surface area contributed by atoms with Crippen LogP contribution in [0.3, 0.4) is 0 Å². The molecule has 0 saturated carbocycles. The third-order valence-electron chi connectivity index (χ3n) is 1.12. The van der Waals surface area contributed by atoms with Gasteiger partial charge in [0.2, 0.25) is 0 Å². The van der Waals surface area contributed by atoms with Crippen LogP contribution in [0.2, 0.25) is 0 Å². The molecule has 0 unspecified atom stereocenters. The van der Waals surface area contributed by atoms with Crippen molar-refractivity contribution in [2.24, 2.45) is 4.99 Å². The first-order valence-corrected chi connectivity index (χ1v) is 3.27. The minimum absolute atomic E-state index is 0.791. The zero-order valence-electron chi connectivity index (χ0n) is 4.16. The minimum atomic E-state index is 0.791. The molecule has 1 aliphatic rings. The van der Waals surface area contributed by atoms with Crippen molar-refractivity contribution in [1.82, 2.24) is 4.98 Å². The molecule has 0 aliphatic carbocycles. The molecule has 0 radical (unpaired) electrons. The Labute approximate surface area is 50.9 Å². The van der Waals surface area contributed by atoms with Crippen LogP contribution in [-0.4, -0.2) is 11.2 Å². The summed E-state index contributed by atoms with van der Waals surface area (Å²) in [5, 5.41) is 0. The SMILES string of the molecule is C1=NCc2ncsc21. The van der Waals surface area contributed by atoms with Crippen LogP contribution in [0.5, 0.6) is 0 Å². The highest BCUT2D eigenvalue weighted by molar-refractivity contribution is 7.11. The van der Waals surface area contributed by atoms with Crippen LogP contribution in [-0.2, 0) is 6.54 Å². The van der Waals surface area contributed by atoms with Gasteiger partial charge in [0.05, 0.1) is 22.6 Å². The van der Waals surface area contributed by atoms with Crippen molar-refractivity contribution in [2.75, 3.05) is 0 Å². The van der Waals surface area contributed by atoms with Crippen LogP contribution >= 0.6 is 11.3 Å². The molecule has 40 valence electrons. The lowest BCUT2D eigenvalue weighted by atomic mass is 10.4. The second kappa shape index (κ2) is 1.39. The summed E-state index contributed by atoms with van der Waals surface area (Å²) in [6, 6.07) is 0. The molecule has 2 nitrogen and oxygen atoms in total. The summed E-state index contributed by atoms with van der Waals surface area (Å²) in [5.41, 5.74) is 2.99. The minimum Gasteiger partial charge on any atom is -0.285 e. The Balaban J connectivity index is 2.67. The summed E-state index contributed by atoms with van der Waals surface area (Å²) in [6.07, 6.45) is 1.88. The van der Waals surface area contributed by atoms with E-state index in [0.29, 0.717) is 0 Å². The average Bonchev–Trinajstić information content (AvgIpc) is 2.15. The molecule has 0 saturated heterocycles. The lowest BCUT2D eigenvalue weighted by molar-refractivity contribution is 1.04.